The molecule has 0 saturated heterocycles. The molecule has 0 aromatic heterocycles. The van der Waals surface area contributed by atoms with E-state index in [0.29, 0.717) is 11.5 Å². The summed E-state index contributed by atoms with van der Waals surface area (Å²) in [6, 6.07) is 6.44. The Hall–Kier alpha value is -0.951. The molecule has 10 heteroatoms. The van der Waals surface area contributed by atoms with Gasteiger partial charge in [0.25, 0.3) is 0 Å². The van der Waals surface area contributed by atoms with Gasteiger partial charge < -0.3 is 14.2 Å². The number of rotatable bonds is 3. The summed E-state index contributed by atoms with van der Waals surface area (Å²) in [6.45, 7) is 0. The molecule has 0 aliphatic carbocycles. The summed E-state index contributed by atoms with van der Waals surface area (Å²) in [6.07, 6.45) is 0. The third-order valence-electron chi connectivity index (χ3n) is 1.26. The molecular weight excluding hydrogens is 322 g/mol. The maximum absolute atomic E-state index is 10.3. The molecule has 17 heavy (non-hydrogen) atoms. The van der Waals surface area contributed by atoms with E-state index in [1.54, 1.807) is 31.4 Å². The van der Waals surface area contributed by atoms with Crippen LogP contribution < -0.4 is 9.26 Å². The van der Waals surface area contributed by atoms with E-state index < -0.39 is 21.6 Å². The van der Waals surface area contributed by atoms with Crippen molar-refractivity contribution in [3.05, 3.63) is 24.3 Å². The minimum absolute atomic E-state index is 0.363. The Labute approximate surface area is 99.7 Å². The number of ether oxygens (including phenoxy) is 1. The number of hydrogen-bond donors (Lipinski definition) is 3. The number of benzene rings is 1. The molecule has 0 aliphatic rings. The Morgan fingerprint density at radius 1 is 1.12 bits per heavy atom. The zero-order valence-corrected chi connectivity index (χ0v) is 11.3. The molecule has 98 valence electrons. The molecule has 1 unspecified atom stereocenters. The van der Waals surface area contributed by atoms with Crippen LogP contribution in [0.2, 0.25) is 0 Å². The van der Waals surface area contributed by atoms with Gasteiger partial charge in [-0.1, -0.05) is 0 Å². The quantitative estimate of drug-likeness (QED) is 0.509. The molecule has 0 bridgehead atoms. The van der Waals surface area contributed by atoms with Gasteiger partial charge in [-0.05, 0) is 24.3 Å². The van der Waals surface area contributed by atoms with Crippen LogP contribution in [0.15, 0.2) is 24.3 Å². The SMILES string of the molecule is COc1ccc(O[PH](=O)O)cc1.O=[Se](=O)(O)O. The molecule has 0 aliphatic heterocycles. The molecule has 1 aromatic rings. The molecule has 0 radical (unpaired) electrons. The van der Waals surface area contributed by atoms with Gasteiger partial charge in [-0.3, -0.25) is 0 Å². The second kappa shape index (κ2) is 7.39. The van der Waals surface area contributed by atoms with Crippen molar-refractivity contribution in [2.75, 3.05) is 7.11 Å². The van der Waals surface area contributed by atoms with Gasteiger partial charge in [0.05, 0.1) is 7.11 Å². The van der Waals surface area contributed by atoms with Crippen molar-refractivity contribution in [1.82, 2.24) is 0 Å². The Bertz CT molecular complexity index is 445. The van der Waals surface area contributed by atoms with Crippen LogP contribution in [0.1, 0.15) is 0 Å². The first-order valence-corrected chi connectivity index (χ1v) is 8.16. The van der Waals surface area contributed by atoms with Crippen LogP contribution in [-0.4, -0.2) is 33.7 Å². The predicted octanol–water partition coefficient (Wildman–Crippen LogP) is -0.276. The Balaban J connectivity index is 0.000000437. The molecule has 0 spiro atoms. The van der Waals surface area contributed by atoms with E-state index >= 15 is 0 Å². The topological polar surface area (TPSA) is 130 Å². The van der Waals surface area contributed by atoms with Gasteiger partial charge in [0, 0.05) is 0 Å². The van der Waals surface area contributed by atoms with Gasteiger partial charge in [0.15, 0.2) is 0 Å². The van der Waals surface area contributed by atoms with E-state index in [1.807, 2.05) is 0 Å². The standard InChI is InChI=1S/C7H9O4P.H2O4Se/c1-10-6-2-4-7(5-3-6)11-12(8)9;1-5(2,3)4/h2-5,12H,1H3,(H,8,9);(H2,1,2,3,4). The fraction of sp³-hybridized carbons (Fsp3) is 0.143. The van der Waals surface area contributed by atoms with Crippen molar-refractivity contribution in [3.8, 4) is 11.5 Å². The fourth-order valence-electron chi connectivity index (χ4n) is 0.745. The second-order valence-corrected chi connectivity index (χ2v) is 5.11. The summed E-state index contributed by atoms with van der Waals surface area (Å²) in [5.41, 5.74) is 0. The summed E-state index contributed by atoms with van der Waals surface area (Å²) in [5, 5.41) is 0. The van der Waals surface area contributed by atoms with Crippen LogP contribution in [0.5, 0.6) is 11.5 Å². The summed E-state index contributed by atoms with van der Waals surface area (Å²) in [4.78, 5) is 8.43. The van der Waals surface area contributed by atoms with Crippen molar-refractivity contribution in [3.63, 3.8) is 0 Å². The maximum atomic E-state index is 10.3. The number of hydrogen-bond acceptors (Lipinski definition) is 5. The summed E-state index contributed by atoms with van der Waals surface area (Å²) in [7, 11) is -1.35. The first kappa shape index (κ1) is 16.0. The van der Waals surface area contributed by atoms with Gasteiger partial charge in [0.1, 0.15) is 11.5 Å². The third kappa shape index (κ3) is 11.3. The third-order valence-corrected chi connectivity index (χ3v) is 1.67. The first-order valence-electron chi connectivity index (χ1n) is 3.97. The molecule has 1 atom stereocenters. The molecule has 0 saturated carbocycles. The van der Waals surface area contributed by atoms with Crippen LogP contribution in [0, 0.1) is 0 Å². The van der Waals surface area contributed by atoms with E-state index in [9.17, 15) is 4.57 Å². The van der Waals surface area contributed by atoms with Crippen molar-refractivity contribution < 1.29 is 34.8 Å². The normalized spacial score (nSPS) is 12.0. The molecule has 8 nitrogen and oxygen atoms in total. The van der Waals surface area contributed by atoms with Crippen molar-refractivity contribution >= 4 is 21.6 Å². The van der Waals surface area contributed by atoms with Crippen LogP contribution in [0.4, 0.5) is 0 Å². The molecular formula is C7H11O8PSe. The predicted molar refractivity (Wildman–Crippen MR) is 56.4 cm³/mol. The average Bonchev–Trinajstić information content (AvgIpc) is 2.15. The zero-order chi connectivity index (χ0) is 13.5. The van der Waals surface area contributed by atoms with Crippen molar-refractivity contribution in [1.29, 1.82) is 0 Å². The first-order chi connectivity index (χ1) is 7.72. The summed E-state index contributed by atoms with van der Waals surface area (Å²) >= 11 is -5.25. The van der Waals surface area contributed by atoms with E-state index in [-0.39, 0.29) is 0 Å². The fourth-order valence-corrected chi connectivity index (χ4v) is 1.08. The second-order valence-electron chi connectivity index (χ2n) is 2.49. The van der Waals surface area contributed by atoms with Crippen LogP contribution in [0.25, 0.3) is 0 Å². The summed E-state index contributed by atoms with van der Waals surface area (Å²) in [5.74, 6) is 1.04. The molecule has 3 N–H and O–H groups in total. The van der Waals surface area contributed by atoms with Crippen molar-refractivity contribution in [2.45, 2.75) is 0 Å². The van der Waals surface area contributed by atoms with E-state index in [4.69, 9.17) is 25.7 Å². The minimum atomic E-state index is -5.25. The van der Waals surface area contributed by atoms with E-state index in [0.717, 1.165) is 0 Å². The van der Waals surface area contributed by atoms with E-state index in [2.05, 4.69) is 4.52 Å². The van der Waals surface area contributed by atoms with Crippen LogP contribution in [0.3, 0.4) is 0 Å². The van der Waals surface area contributed by atoms with Gasteiger partial charge in [0.2, 0.25) is 0 Å². The van der Waals surface area contributed by atoms with Crippen LogP contribution >= 0.6 is 8.25 Å². The average molecular weight is 333 g/mol. The molecule has 0 amide bonds. The van der Waals surface area contributed by atoms with Gasteiger partial charge in [-0.2, -0.15) is 0 Å². The van der Waals surface area contributed by atoms with Gasteiger partial charge >= 0.3 is 37.7 Å². The van der Waals surface area contributed by atoms with Gasteiger partial charge in [-0.15, -0.1) is 0 Å². The summed E-state index contributed by atoms with van der Waals surface area (Å²) < 4.78 is 51.6. The van der Waals surface area contributed by atoms with Gasteiger partial charge in [-0.25, -0.2) is 4.57 Å². The zero-order valence-electron chi connectivity index (χ0n) is 8.60. The van der Waals surface area contributed by atoms with Crippen molar-refractivity contribution in [2.24, 2.45) is 0 Å². The van der Waals surface area contributed by atoms with Crippen LogP contribution in [-0.2, 0) is 12.2 Å². The molecule has 1 aromatic carbocycles. The Morgan fingerprint density at radius 3 is 1.76 bits per heavy atom. The monoisotopic (exact) mass is 334 g/mol. The Kier molecular flexibility index (Phi) is 6.98. The molecule has 0 heterocycles. The number of methoxy groups -OCH3 is 1. The molecule has 0 fully saturated rings. The van der Waals surface area contributed by atoms with E-state index in [1.165, 1.54) is 0 Å². The molecule has 1 rings (SSSR count). The Morgan fingerprint density at radius 2 is 1.47 bits per heavy atom.